The molecule has 7 aromatic carbocycles. The molecule has 5 heteroatoms. The number of anilines is 3. The van der Waals surface area contributed by atoms with Crippen LogP contribution in [0.4, 0.5) is 17.1 Å². The molecule has 7 aromatic rings. The lowest BCUT2D eigenvalue weighted by atomic mass is 9.87. The maximum absolute atomic E-state index is 12.9. The zero-order chi connectivity index (χ0) is 35.7. The summed E-state index contributed by atoms with van der Waals surface area (Å²) < 4.78 is 10.4. The second kappa shape index (κ2) is 13.6. The van der Waals surface area contributed by atoms with Crippen LogP contribution in [-0.2, 0) is 14.9 Å². The number of nitrogens with zero attached hydrogens (tertiary/aromatic N) is 1. The average Bonchev–Trinajstić information content (AvgIpc) is 3.17. The van der Waals surface area contributed by atoms with Crippen LogP contribution < -0.4 is 4.90 Å². The van der Waals surface area contributed by atoms with Gasteiger partial charge in [0.2, 0.25) is 0 Å². The van der Waals surface area contributed by atoms with Gasteiger partial charge in [-0.15, -0.1) is 0 Å². The highest BCUT2D eigenvalue weighted by Crippen LogP contribution is 2.40. The fourth-order valence-corrected chi connectivity index (χ4v) is 6.84. The molecular formula is C46H39NO4. The van der Waals surface area contributed by atoms with Crippen molar-refractivity contribution in [3.8, 4) is 22.3 Å². The number of fused-ring (bicyclic) bond motifs is 2. The van der Waals surface area contributed by atoms with Crippen molar-refractivity contribution in [3.63, 3.8) is 0 Å². The number of carbonyl (C=O) groups excluding carboxylic acids is 2. The van der Waals surface area contributed by atoms with Gasteiger partial charge in [0.15, 0.2) is 0 Å². The van der Waals surface area contributed by atoms with Crippen LogP contribution in [0.1, 0.15) is 47.1 Å². The second-order valence-corrected chi connectivity index (χ2v) is 13.6. The third-order valence-corrected chi connectivity index (χ3v) is 9.49. The molecular weight excluding hydrogens is 631 g/mol. The van der Waals surface area contributed by atoms with E-state index in [0.29, 0.717) is 11.1 Å². The van der Waals surface area contributed by atoms with Crippen molar-refractivity contribution in [3.05, 3.63) is 162 Å². The van der Waals surface area contributed by atoms with Crippen molar-refractivity contribution in [2.45, 2.75) is 26.2 Å². The third kappa shape index (κ3) is 6.35. The first-order valence-corrected chi connectivity index (χ1v) is 17.0. The number of methoxy groups -OCH3 is 2. The number of carbonyl (C=O) groups is 2. The number of benzene rings is 7. The van der Waals surface area contributed by atoms with Crippen LogP contribution in [0.3, 0.4) is 0 Å². The molecule has 0 aliphatic rings. The van der Waals surface area contributed by atoms with E-state index in [1.165, 1.54) is 19.8 Å². The maximum Gasteiger partial charge on any atom is 0.338 e. The molecule has 252 valence electrons. The van der Waals surface area contributed by atoms with Gasteiger partial charge in [0.25, 0.3) is 0 Å². The molecule has 0 N–H and O–H groups in total. The molecule has 0 saturated heterocycles. The van der Waals surface area contributed by atoms with Crippen molar-refractivity contribution in [1.82, 2.24) is 0 Å². The van der Waals surface area contributed by atoms with Crippen LogP contribution in [-0.4, -0.2) is 26.2 Å². The van der Waals surface area contributed by atoms with Gasteiger partial charge in [-0.3, -0.25) is 0 Å². The molecule has 0 aliphatic heterocycles. The smallest absolute Gasteiger partial charge is 0.338 e. The number of hydrogen-bond acceptors (Lipinski definition) is 5. The van der Waals surface area contributed by atoms with E-state index in [1.807, 2.05) is 72.8 Å². The average molecular weight is 670 g/mol. The van der Waals surface area contributed by atoms with E-state index >= 15 is 0 Å². The number of hydrogen-bond donors (Lipinski definition) is 0. The molecule has 0 spiro atoms. The van der Waals surface area contributed by atoms with Crippen LogP contribution in [0.5, 0.6) is 0 Å². The van der Waals surface area contributed by atoms with Gasteiger partial charge in [0.1, 0.15) is 0 Å². The lowest BCUT2D eigenvalue weighted by Gasteiger charge is -2.27. The SMILES string of the molecule is COC(=O)c1ccc2ccccc2c1-c1ccc(N(c2ccc(-c3c(C(=O)OC)ccc4ccccc34)cc2)c2ccc(C(C)(C)C)cc2)cc1. The van der Waals surface area contributed by atoms with Crippen molar-refractivity contribution in [2.75, 3.05) is 19.1 Å². The van der Waals surface area contributed by atoms with Gasteiger partial charge in [-0.05, 0) is 92.2 Å². The van der Waals surface area contributed by atoms with Gasteiger partial charge < -0.3 is 14.4 Å². The van der Waals surface area contributed by atoms with Crippen molar-refractivity contribution in [2.24, 2.45) is 0 Å². The molecule has 5 nitrogen and oxygen atoms in total. The molecule has 0 radical (unpaired) electrons. The Morgan fingerprint density at radius 3 is 1.22 bits per heavy atom. The Hall–Kier alpha value is -6.20. The van der Waals surface area contributed by atoms with E-state index < -0.39 is 0 Å². The number of rotatable bonds is 7. The molecule has 7 rings (SSSR count). The van der Waals surface area contributed by atoms with E-state index in [4.69, 9.17) is 9.47 Å². The molecule has 0 saturated carbocycles. The third-order valence-electron chi connectivity index (χ3n) is 9.49. The van der Waals surface area contributed by atoms with Crippen LogP contribution in [0.15, 0.2) is 146 Å². The van der Waals surface area contributed by atoms with E-state index in [2.05, 4.69) is 98.5 Å². The standard InChI is InChI=1S/C46H39NO4/c1-46(2,3)34-20-26-37(27-21-34)47(35-22-14-32(15-23-35)42-38-12-8-6-10-30(38)18-28-40(42)44(48)50-4)36-24-16-33(17-25-36)43-39-13-9-7-11-31(39)19-29-41(43)45(49)51-5/h6-29H,1-5H3. The minimum atomic E-state index is -0.373. The van der Waals surface area contributed by atoms with Crippen molar-refractivity contribution >= 4 is 50.5 Å². The fraction of sp³-hybridized carbons (Fsp3) is 0.130. The van der Waals surface area contributed by atoms with Crippen LogP contribution in [0.25, 0.3) is 43.8 Å². The Morgan fingerprint density at radius 1 is 0.471 bits per heavy atom. The second-order valence-electron chi connectivity index (χ2n) is 13.6. The van der Waals surface area contributed by atoms with Gasteiger partial charge in [0, 0.05) is 28.2 Å². The van der Waals surface area contributed by atoms with Crippen molar-refractivity contribution in [1.29, 1.82) is 0 Å². The zero-order valence-corrected chi connectivity index (χ0v) is 29.4. The Kier molecular flexibility index (Phi) is 8.88. The van der Waals surface area contributed by atoms with Crippen LogP contribution in [0.2, 0.25) is 0 Å². The van der Waals surface area contributed by atoms with E-state index in [9.17, 15) is 9.59 Å². The van der Waals surface area contributed by atoms with E-state index in [0.717, 1.165) is 60.9 Å². The molecule has 0 atom stereocenters. The molecule has 0 fully saturated rings. The highest BCUT2D eigenvalue weighted by Gasteiger charge is 2.21. The molecule has 0 amide bonds. The van der Waals surface area contributed by atoms with Crippen LogP contribution >= 0.6 is 0 Å². The fourth-order valence-electron chi connectivity index (χ4n) is 6.84. The highest BCUT2D eigenvalue weighted by atomic mass is 16.5. The van der Waals surface area contributed by atoms with Gasteiger partial charge in [-0.25, -0.2) is 9.59 Å². The molecule has 0 aromatic heterocycles. The van der Waals surface area contributed by atoms with Gasteiger partial charge >= 0.3 is 11.9 Å². The molecule has 0 bridgehead atoms. The predicted molar refractivity (Wildman–Crippen MR) is 208 cm³/mol. The summed E-state index contributed by atoms with van der Waals surface area (Å²) in [6.07, 6.45) is 0. The maximum atomic E-state index is 12.9. The largest absolute Gasteiger partial charge is 0.465 e. The monoisotopic (exact) mass is 669 g/mol. The lowest BCUT2D eigenvalue weighted by Crippen LogP contribution is -2.13. The summed E-state index contributed by atoms with van der Waals surface area (Å²) in [6, 6.07) is 49.0. The molecule has 0 aliphatic carbocycles. The quantitative estimate of drug-likeness (QED) is 0.158. The van der Waals surface area contributed by atoms with Gasteiger partial charge in [0.05, 0.1) is 25.3 Å². The highest BCUT2D eigenvalue weighted by molar-refractivity contribution is 6.09. The first-order chi connectivity index (χ1) is 24.7. The van der Waals surface area contributed by atoms with E-state index in [-0.39, 0.29) is 17.4 Å². The van der Waals surface area contributed by atoms with Gasteiger partial charge in [-0.2, -0.15) is 0 Å². The summed E-state index contributed by atoms with van der Waals surface area (Å²) in [4.78, 5) is 28.0. The van der Waals surface area contributed by atoms with Gasteiger partial charge in [-0.1, -0.05) is 118 Å². The Labute approximate surface area is 298 Å². The summed E-state index contributed by atoms with van der Waals surface area (Å²) in [6.45, 7) is 6.63. The molecule has 0 unspecified atom stereocenters. The Balaban J connectivity index is 1.35. The Bertz CT molecular complexity index is 2240. The summed E-state index contributed by atoms with van der Waals surface area (Å²) in [5.74, 6) is -0.746. The minimum absolute atomic E-state index is 0.0122. The summed E-state index contributed by atoms with van der Waals surface area (Å²) >= 11 is 0. The Morgan fingerprint density at radius 2 is 0.843 bits per heavy atom. The summed E-state index contributed by atoms with van der Waals surface area (Å²) in [5.41, 5.74) is 8.73. The molecule has 51 heavy (non-hydrogen) atoms. The number of ether oxygens (including phenoxy) is 2. The summed E-state index contributed by atoms with van der Waals surface area (Å²) in [7, 11) is 2.82. The van der Waals surface area contributed by atoms with E-state index in [1.54, 1.807) is 0 Å². The predicted octanol–water partition coefficient (Wildman–Crippen LogP) is 11.7. The topological polar surface area (TPSA) is 55.8 Å². The minimum Gasteiger partial charge on any atom is -0.465 e. The lowest BCUT2D eigenvalue weighted by molar-refractivity contribution is 0.0593. The summed E-state index contributed by atoms with van der Waals surface area (Å²) in [5, 5.41) is 4.06. The normalized spacial score (nSPS) is 11.4. The zero-order valence-electron chi connectivity index (χ0n) is 29.4. The molecule has 0 heterocycles. The van der Waals surface area contributed by atoms with Crippen molar-refractivity contribution < 1.29 is 19.1 Å². The first kappa shape index (κ1) is 33.3. The van der Waals surface area contributed by atoms with Crippen LogP contribution in [0, 0.1) is 0 Å². The number of esters is 2. The first-order valence-electron chi connectivity index (χ1n) is 17.0.